The summed E-state index contributed by atoms with van der Waals surface area (Å²) >= 11 is 5.76. The Morgan fingerprint density at radius 3 is 2.28 bits per heavy atom. The van der Waals surface area contributed by atoms with E-state index in [0.29, 0.717) is 15.5 Å². The second-order valence-corrected chi connectivity index (χ2v) is 5.66. The van der Waals surface area contributed by atoms with Crippen molar-refractivity contribution < 1.29 is 14.4 Å². The van der Waals surface area contributed by atoms with Gasteiger partial charge in [0.2, 0.25) is 0 Å². The van der Waals surface area contributed by atoms with Crippen LogP contribution in [-0.2, 0) is 10.8 Å². The van der Waals surface area contributed by atoms with Gasteiger partial charge in [-0.25, -0.2) is 4.21 Å². The molecule has 0 saturated carbocycles. The van der Waals surface area contributed by atoms with Crippen molar-refractivity contribution in [2.45, 2.75) is 16.7 Å². The number of phenols is 2. The molecule has 2 aromatic carbocycles. The van der Waals surface area contributed by atoms with Crippen LogP contribution in [0.15, 0.2) is 46.2 Å². The number of hydrogen-bond donors (Lipinski definition) is 2. The molecule has 0 fully saturated rings. The minimum absolute atomic E-state index is 0.0237. The molecule has 2 N–H and O–H groups in total. The van der Waals surface area contributed by atoms with E-state index in [1.165, 1.54) is 12.1 Å². The monoisotopic (exact) mass is 282 g/mol. The first kappa shape index (κ1) is 12.9. The number of rotatable bonds is 2. The maximum atomic E-state index is 12.3. The van der Waals surface area contributed by atoms with E-state index in [-0.39, 0.29) is 16.4 Å². The highest BCUT2D eigenvalue weighted by molar-refractivity contribution is 7.85. The number of hydrogen-bond acceptors (Lipinski definition) is 3. The Labute approximate surface area is 112 Å². The van der Waals surface area contributed by atoms with Gasteiger partial charge < -0.3 is 10.2 Å². The molecule has 0 radical (unpaired) electrons. The third-order valence-electron chi connectivity index (χ3n) is 2.59. The summed E-state index contributed by atoms with van der Waals surface area (Å²) in [4.78, 5) is 0.812. The van der Waals surface area contributed by atoms with Crippen LogP contribution in [0.2, 0.25) is 5.02 Å². The summed E-state index contributed by atoms with van der Waals surface area (Å²) in [5.41, 5.74) is 0.315. The van der Waals surface area contributed by atoms with Crippen LogP contribution < -0.4 is 0 Å². The molecule has 18 heavy (non-hydrogen) atoms. The predicted molar refractivity (Wildman–Crippen MR) is 70.6 cm³/mol. The fourth-order valence-electron chi connectivity index (χ4n) is 1.50. The molecule has 5 heteroatoms. The molecule has 2 aromatic rings. The molecule has 3 nitrogen and oxygen atoms in total. The fourth-order valence-corrected chi connectivity index (χ4v) is 2.78. The Hall–Kier alpha value is -1.52. The lowest BCUT2D eigenvalue weighted by Gasteiger charge is -2.08. The zero-order chi connectivity index (χ0) is 13.3. The fraction of sp³-hybridized carbons (Fsp3) is 0.0769. The second-order valence-electron chi connectivity index (χ2n) is 3.78. The first-order valence-electron chi connectivity index (χ1n) is 5.19. The Bertz CT molecular complexity index is 608. The molecular weight excluding hydrogens is 272 g/mol. The van der Waals surface area contributed by atoms with Gasteiger partial charge in [-0.2, -0.15) is 0 Å². The van der Waals surface area contributed by atoms with Crippen molar-refractivity contribution in [1.82, 2.24) is 0 Å². The largest absolute Gasteiger partial charge is 0.508 e. The van der Waals surface area contributed by atoms with E-state index in [2.05, 4.69) is 0 Å². The van der Waals surface area contributed by atoms with Crippen molar-refractivity contribution >= 4 is 22.4 Å². The Balaban J connectivity index is 2.46. The van der Waals surface area contributed by atoms with Crippen LogP contribution in [0.3, 0.4) is 0 Å². The van der Waals surface area contributed by atoms with Gasteiger partial charge in [0.25, 0.3) is 0 Å². The van der Waals surface area contributed by atoms with E-state index in [0.717, 1.165) is 0 Å². The molecule has 0 heterocycles. The summed E-state index contributed by atoms with van der Waals surface area (Å²) in [7, 11) is -1.50. The second kappa shape index (κ2) is 5.00. The van der Waals surface area contributed by atoms with Crippen LogP contribution >= 0.6 is 11.6 Å². The van der Waals surface area contributed by atoms with Gasteiger partial charge in [-0.05, 0) is 43.3 Å². The molecule has 94 valence electrons. The smallest absolute Gasteiger partial charge is 0.138 e. The minimum Gasteiger partial charge on any atom is -0.508 e. The molecule has 0 spiro atoms. The van der Waals surface area contributed by atoms with E-state index in [1.54, 1.807) is 31.2 Å². The third kappa shape index (κ3) is 2.35. The van der Waals surface area contributed by atoms with Crippen molar-refractivity contribution in [2.24, 2.45) is 0 Å². The van der Waals surface area contributed by atoms with E-state index in [1.807, 2.05) is 0 Å². The number of aromatic hydroxyl groups is 2. The number of phenolic OH excluding ortho intramolecular Hbond substituents is 2. The lowest BCUT2D eigenvalue weighted by Crippen LogP contribution is -1.94. The molecule has 0 aliphatic rings. The van der Waals surface area contributed by atoms with Gasteiger partial charge in [-0.3, -0.25) is 0 Å². The van der Waals surface area contributed by atoms with Gasteiger partial charge in [0.15, 0.2) is 0 Å². The maximum Gasteiger partial charge on any atom is 0.138 e. The topological polar surface area (TPSA) is 57.5 Å². The van der Waals surface area contributed by atoms with Crippen LogP contribution in [0.4, 0.5) is 0 Å². The van der Waals surface area contributed by atoms with Gasteiger partial charge in [-0.15, -0.1) is 0 Å². The standard InChI is InChI=1S/C13H11ClO3S/c1-8-11(15)6-7-12(13(8)16)18(17)10-4-2-9(14)3-5-10/h2-7,15-16H,1H3. The van der Waals surface area contributed by atoms with Crippen LogP contribution in [0.5, 0.6) is 11.5 Å². The molecule has 1 unspecified atom stereocenters. The average Bonchev–Trinajstić information content (AvgIpc) is 2.36. The zero-order valence-electron chi connectivity index (χ0n) is 9.55. The summed E-state index contributed by atoms with van der Waals surface area (Å²) in [6.45, 7) is 1.56. The van der Waals surface area contributed by atoms with Gasteiger partial charge in [-0.1, -0.05) is 11.6 Å². The SMILES string of the molecule is Cc1c(O)ccc(S(=O)c2ccc(Cl)cc2)c1O. The molecule has 0 amide bonds. The third-order valence-corrected chi connectivity index (χ3v) is 4.27. The number of benzene rings is 2. The molecule has 0 saturated heterocycles. The van der Waals surface area contributed by atoms with Crippen LogP contribution in [-0.4, -0.2) is 14.4 Å². The van der Waals surface area contributed by atoms with Gasteiger partial charge >= 0.3 is 0 Å². The maximum absolute atomic E-state index is 12.3. The van der Waals surface area contributed by atoms with E-state index in [9.17, 15) is 14.4 Å². The molecular formula is C13H11ClO3S. The van der Waals surface area contributed by atoms with E-state index >= 15 is 0 Å². The Kier molecular flexibility index (Phi) is 3.59. The van der Waals surface area contributed by atoms with Crippen LogP contribution in [0.25, 0.3) is 0 Å². The lowest BCUT2D eigenvalue weighted by atomic mass is 10.2. The van der Waals surface area contributed by atoms with Crippen LogP contribution in [0, 0.1) is 6.92 Å². The molecule has 2 rings (SSSR count). The molecule has 0 aliphatic carbocycles. The van der Waals surface area contributed by atoms with Crippen molar-refractivity contribution in [1.29, 1.82) is 0 Å². The summed E-state index contributed by atoms with van der Waals surface area (Å²) in [6.07, 6.45) is 0. The predicted octanol–water partition coefficient (Wildman–Crippen LogP) is 3.23. The van der Waals surface area contributed by atoms with Gasteiger partial charge in [0, 0.05) is 15.5 Å². The highest BCUT2D eigenvalue weighted by Crippen LogP contribution is 2.33. The zero-order valence-corrected chi connectivity index (χ0v) is 11.1. The first-order valence-corrected chi connectivity index (χ1v) is 6.72. The van der Waals surface area contributed by atoms with Crippen molar-refractivity contribution in [2.75, 3.05) is 0 Å². The number of halogens is 1. The molecule has 0 aliphatic heterocycles. The minimum atomic E-state index is -1.50. The normalized spacial score (nSPS) is 12.3. The summed E-state index contributed by atoms with van der Waals surface area (Å²) < 4.78 is 12.3. The molecule has 0 aromatic heterocycles. The Morgan fingerprint density at radius 1 is 1.06 bits per heavy atom. The quantitative estimate of drug-likeness (QED) is 0.889. The summed E-state index contributed by atoms with van der Waals surface area (Å²) in [5.74, 6) is -0.173. The Morgan fingerprint density at radius 2 is 1.67 bits per heavy atom. The van der Waals surface area contributed by atoms with E-state index in [4.69, 9.17) is 11.6 Å². The highest BCUT2D eigenvalue weighted by Gasteiger charge is 2.15. The molecule has 0 bridgehead atoms. The van der Waals surface area contributed by atoms with E-state index < -0.39 is 10.8 Å². The average molecular weight is 283 g/mol. The summed E-state index contributed by atoms with van der Waals surface area (Å²) in [6, 6.07) is 9.42. The highest BCUT2D eigenvalue weighted by atomic mass is 35.5. The van der Waals surface area contributed by atoms with Crippen LogP contribution in [0.1, 0.15) is 5.56 Å². The first-order chi connectivity index (χ1) is 8.50. The van der Waals surface area contributed by atoms with Gasteiger partial charge in [0.1, 0.15) is 11.5 Å². The van der Waals surface area contributed by atoms with Crippen molar-refractivity contribution in [3.05, 3.63) is 47.0 Å². The summed E-state index contributed by atoms with van der Waals surface area (Å²) in [5, 5.41) is 19.9. The van der Waals surface area contributed by atoms with Crippen molar-refractivity contribution in [3.8, 4) is 11.5 Å². The van der Waals surface area contributed by atoms with Crippen molar-refractivity contribution in [3.63, 3.8) is 0 Å². The lowest BCUT2D eigenvalue weighted by molar-refractivity contribution is 0.433. The molecule has 1 atom stereocenters. The van der Waals surface area contributed by atoms with Gasteiger partial charge in [0.05, 0.1) is 15.7 Å².